The van der Waals surface area contributed by atoms with Crippen LogP contribution in [0.15, 0.2) is 22.6 Å². The highest BCUT2D eigenvalue weighted by Gasteiger charge is 2.37. The largest absolute Gasteiger partial charge is 0.465 e. The molecule has 0 radical (unpaired) electrons. The summed E-state index contributed by atoms with van der Waals surface area (Å²) in [7, 11) is 1.20. The van der Waals surface area contributed by atoms with Gasteiger partial charge >= 0.3 is 5.97 Å². The van der Waals surface area contributed by atoms with Gasteiger partial charge in [-0.05, 0) is 30.9 Å². The zero-order valence-electron chi connectivity index (χ0n) is 18.1. The molecule has 31 heavy (non-hydrogen) atoms. The summed E-state index contributed by atoms with van der Waals surface area (Å²) >= 11 is 0. The van der Waals surface area contributed by atoms with E-state index in [-0.39, 0.29) is 41.6 Å². The Balaban J connectivity index is 1.85. The average molecular weight is 423 g/mol. The lowest BCUT2D eigenvalue weighted by molar-refractivity contribution is -0.122. The third-order valence-electron chi connectivity index (χ3n) is 5.55. The van der Waals surface area contributed by atoms with Crippen LogP contribution in [0.25, 0.3) is 0 Å². The van der Waals surface area contributed by atoms with E-state index in [1.807, 2.05) is 38.1 Å². The molecule has 2 amide bonds. The topological polar surface area (TPSA) is 113 Å². The van der Waals surface area contributed by atoms with Crippen LogP contribution >= 0.6 is 0 Å². The molecular formula is C23H25N3O5. The summed E-state index contributed by atoms with van der Waals surface area (Å²) in [5.41, 5.74) is 2.89. The van der Waals surface area contributed by atoms with Gasteiger partial charge in [-0.1, -0.05) is 32.0 Å². The van der Waals surface area contributed by atoms with Crippen LogP contribution in [0.1, 0.15) is 53.1 Å². The van der Waals surface area contributed by atoms with Crippen LogP contribution in [0.2, 0.25) is 0 Å². The van der Waals surface area contributed by atoms with Gasteiger partial charge in [0.1, 0.15) is 23.0 Å². The van der Waals surface area contributed by atoms with Crippen molar-refractivity contribution in [2.45, 2.75) is 40.0 Å². The molecule has 3 rings (SSSR count). The Kier molecular flexibility index (Phi) is 6.44. The third kappa shape index (κ3) is 4.04. The molecule has 1 aliphatic heterocycles. The van der Waals surface area contributed by atoms with Gasteiger partial charge in [-0.25, -0.2) is 4.79 Å². The second kappa shape index (κ2) is 9.04. The van der Waals surface area contributed by atoms with E-state index < -0.39 is 17.8 Å². The Labute approximate surface area is 180 Å². The number of anilines is 2. The van der Waals surface area contributed by atoms with Gasteiger partial charge in [0, 0.05) is 18.7 Å². The summed E-state index contributed by atoms with van der Waals surface area (Å²) in [6.07, 6.45) is 1.60. The van der Waals surface area contributed by atoms with Gasteiger partial charge in [-0.15, -0.1) is 0 Å². The Morgan fingerprint density at radius 3 is 2.48 bits per heavy atom. The minimum absolute atomic E-state index is 0.0196. The number of amides is 2. The molecule has 2 heterocycles. The number of nitriles is 1. The van der Waals surface area contributed by atoms with Crippen molar-refractivity contribution in [3.8, 4) is 6.07 Å². The van der Waals surface area contributed by atoms with Crippen LogP contribution in [0.5, 0.6) is 0 Å². The van der Waals surface area contributed by atoms with Crippen molar-refractivity contribution in [1.82, 2.24) is 0 Å². The number of benzene rings is 1. The number of hydrogen-bond acceptors (Lipinski definition) is 6. The number of furan rings is 1. The van der Waals surface area contributed by atoms with Crippen LogP contribution in [0.3, 0.4) is 0 Å². The molecule has 1 atom stereocenters. The van der Waals surface area contributed by atoms with Gasteiger partial charge in [0.25, 0.3) is 0 Å². The maximum atomic E-state index is 12.9. The van der Waals surface area contributed by atoms with Crippen LogP contribution < -0.4 is 10.2 Å². The summed E-state index contributed by atoms with van der Waals surface area (Å²) in [6, 6.07) is 7.85. The van der Waals surface area contributed by atoms with E-state index in [1.54, 1.807) is 4.90 Å². The SMILES string of the molecule is CCc1cccc(CC)c1N1CC(C(=O)Nc2oc(C)c(C(=O)OC)c2C#N)CC1=O. The molecular weight excluding hydrogens is 398 g/mol. The van der Waals surface area contributed by atoms with Gasteiger partial charge in [-0.3, -0.25) is 14.9 Å². The molecule has 1 saturated heterocycles. The first-order chi connectivity index (χ1) is 14.9. The highest BCUT2D eigenvalue weighted by Crippen LogP contribution is 2.33. The number of hydrogen-bond donors (Lipinski definition) is 1. The smallest absolute Gasteiger partial charge is 0.342 e. The fourth-order valence-electron chi connectivity index (χ4n) is 3.96. The Hall–Kier alpha value is -3.60. The second-order valence-electron chi connectivity index (χ2n) is 7.37. The van der Waals surface area contributed by atoms with Crippen molar-refractivity contribution in [2.24, 2.45) is 5.92 Å². The van der Waals surface area contributed by atoms with Crippen LogP contribution in [-0.2, 0) is 27.2 Å². The second-order valence-corrected chi connectivity index (χ2v) is 7.37. The van der Waals surface area contributed by atoms with Gasteiger partial charge < -0.3 is 14.1 Å². The summed E-state index contributed by atoms with van der Waals surface area (Å²) in [5.74, 6) is -1.83. The molecule has 0 saturated carbocycles. The van der Waals surface area contributed by atoms with E-state index in [1.165, 1.54) is 14.0 Å². The standard InChI is InChI=1S/C23H25N3O5/c1-5-14-8-7-9-15(6-2)20(14)26-12-16(10-18(26)27)21(28)25-22-17(11-24)19(13(3)31-22)23(29)30-4/h7-9,16H,5-6,10,12H2,1-4H3,(H,25,28). The van der Waals surface area contributed by atoms with E-state index in [0.717, 1.165) is 29.7 Å². The highest BCUT2D eigenvalue weighted by atomic mass is 16.5. The first-order valence-electron chi connectivity index (χ1n) is 10.2. The molecule has 1 N–H and O–H groups in total. The first kappa shape index (κ1) is 22.1. The van der Waals surface area contributed by atoms with Crippen molar-refractivity contribution >= 4 is 29.4 Å². The Bertz CT molecular complexity index is 1060. The summed E-state index contributed by atoms with van der Waals surface area (Å²) in [5, 5.41) is 12.0. The number of para-hydroxylation sites is 1. The predicted molar refractivity (Wildman–Crippen MR) is 114 cm³/mol. The molecule has 8 heteroatoms. The number of nitrogens with zero attached hydrogens (tertiary/aromatic N) is 2. The molecule has 8 nitrogen and oxygen atoms in total. The number of nitrogens with one attached hydrogen (secondary N) is 1. The van der Waals surface area contributed by atoms with E-state index >= 15 is 0 Å². The number of esters is 1. The molecule has 162 valence electrons. The quantitative estimate of drug-likeness (QED) is 0.713. The monoisotopic (exact) mass is 423 g/mol. The molecule has 1 aromatic heterocycles. The highest BCUT2D eigenvalue weighted by molar-refractivity contribution is 6.05. The third-order valence-corrected chi connectivity index (χ3v) is 5.55. The number of rotatable bonds is 6. The molecule has 1 unspecified atom stereocenters. The number of ether oxygens (including phenoxy) is 1. The van der Waals surface area contributed by atoms with Crippen molar-refractivity contribution in [3.63, 3.8) is 0 Å². The first-order valence-corrected chi connectivity index (χ1v) is 10.2. The normalized spacial score (nSPS) is 15.6. The Morgan fingerprint density at radius 1 is 1.29 bits per heavy atom. The molecule has 1 fully saturated rings. The molecule has 1 aliphatic rings. The summed E-state index contributed by atoms with van der Waals surface area (Å²) in [6.45, 7) is 5.81. The van der Waals surface area contributed by atoms with Crippen LogP contribution in [0, 0.1) is 24.2 Å². The molecule has 1 aromatic carbocycles. The maximum absolute atomic E-state index is 12.9. The summed E-state index contributed by atoms with van der Waals surface area (Å²) < 4.78 is 10.1. The fraction of sp³-hybridized carbons (Fsp3) is 0.391. The van der Waals surface area contributed by atoms with E-state index in [9.17, 15) is 19.6 Å². The Morgan fingerprint density at radius 2 is 1.94 bits per heavy atom. The lowest BCUT2D eigenvalue weighted by Gasteiger charge is -2.23. The van der Waals surface area contributed by atoms with Crippen LogP contribution in [-0.4, -0.2) is 31.4 Å². The minimum atomic E-state index is -0.719. The lowest BCUT2D eigenvalue weighted by atomic mass is 10.0. The lowest BCUT2D eigenvalue weighted by Crippen LogP contribution is -2.29. The van der Waals surface area contributed by atoms with E-state index in [0.29, 0.717) is 0 Å². The fourth-order valence-corrected chi connectivity index (χ4v) is 3.96. The van der Waals surface area contributed by atoms with Crippen molar-refractivity contribution < 1.29 is 23.5 Å². The van der Waals surface area contributed by atoms with E-state index in [4.69, 9.17) is 4.42 Å². The zero-order chi connectivity index (χ0) is 22.7. The molecule has 2 aromatic rings. The van der Waals surface area contributed by atoms with E-state index in [2.05, 4.69) is 10.1 Å². The predicted octanol–water partition coefficient (Wildman–Crippen LogP) is 3.36. The summed E-state index contributed by atoms with van der Waals surface area (Å²) in [4.78, 5) is 39.3. The van der Waals surface area contributed by atoms with Crippen LogP contribution in [0.4, 0.5) is 11.6 Å². The number of methoxy groups -OCH3 is 1. The average Bonchev–Trinajstić information content (AvgIpc) is 3.31. The van der Waals surface area contributed by atoms with Gasteiger partial charge in [-0.2, -0.15) is 5.26 Å². The van der Waals surface area contributed by atoms with Gasteiger partial charge in [0.2, 0.25) is 17.7 Å². The molecule has 0 aliphatic carbocycles. The maximum Gasteiger partial charge on any atom is 0.342 e. The van der Waals surface area contributed by atoms with Crippen molar-refractivity contribution in [3.05, 3.63) is 46.2 Å². The molecule has 0 bridgehead atoms. The minimum Gasteiger partial charge on any atom is -0.465 e. The van der Waals surface area contributed by atoms with Gasteiger partial charge in [0.05, 0.1) is 13.0 Å². The molecule has 0 spiro atoms. The zero-order valence-corrected chi connectivity index (χ0v) is 18.1. The number of aryl methyl sites for hydroxylation is 3. The van der Waals surface area contributed by atoms with Gasteiger partial charge in [0.15, 0.2) is 0 Å². The van der Waals surface area contributed by atoms with Crippen molar-refractivity contribution in [2.75, 3.05) is 23.9 Å². The van der Waals surface area contributed by atoms with Crippen molar-refractivity contribution in [1.29, 1.82) is 5.26 Å². The number of carbonyl (C=O) groups is 3. The number of carbonyl (C=O) groups excluding carboxylic acids is 3.